The minimum atomic E-state index is -0.0769. The van der Waals surface area contributed by atoms with E-state index in [2.05, 4.69) is 55.4 Å². The largest absolute Gasteiger partial charge is 0.354 e. The summed E-state index contributed by atoms with van der Waals surface area (Å²) in [6, 6.07) is 6.13. The van der Waals surface area contributed by atoms with Crippen LogP contribution >= 0.6 is 0 Å². The number of unbranched alkanes of at least 4 members (excludes halogenated alkanes) is 1. The Hall–Kier alpha value is -2.36. The molecule has 23 heavy (non-hydrogen) atoms. The van der Waals surface area contributed by atoms with Crippen LogP contribution in [0.3, 0.4) is 0 Å². The van der Waals surface area contributed by atoms with Gasteiger partial charge in [-0.25, -0.2) is 0 Å². The van der Waals surface area contributed by atoms with E-state index in [-0.39, 0.29) is 5.91 Å². The van der Waals surface area contributed by atoms with Gasteiger partial charge < -0.3 is 10.6 Å². The Bertz CT molecular complexity index is 672. The Morgan fingerprint density at radius 1 is 1.09 bits per heavy atom. The summed E-state index contributed by atoms with van der Waals surface area (Å²) in [6.45, 7) is 9.05. The second-order valence-corrected chi connectivity index (χ2v) is 5.97. The first-order valence-electron chi connectivity index (χ1n) is 8.09. The molecule has 0 unspecified atom stereocenters. The van der Waals surface area contributed by atoms with Gasteiger partial charge in [0.05, 0.1) is 17.4 Å². The Labute approximate surface area is 138 Å². The van der Waals surface area contributed by atoms with Gasteiger partial charge in [0.15, 0.2) is 0 Å². The number of hydrogen-bond donors (Lipinski definition) is 2. The Morgan fingerprint density at radius 3 is 2.43 bits per heavy atom. The zero-order valence-electron chi connectivity index (χ0n) is 14.4. The van der Waals surface area contributed by atoms with Gasteiger partial charge in [0, 0.05) is 18.4 Å². The number of aryl methyl sites for hydroxylation is 3. The van der Waals surface area contributed by atoms with Crippen LogP contribution in [0, 0.1) is 20.8 Å². The molecular formula is C19H25N3O. The molecule has 0 saturated carbocycles. The molecule has 0 saturated heterocycles. The number of carbonyl (C=O) groups is 1. The molecule has 0 spiro atoms. The molecule has 4 nitrogen and oxygen atoms in total. The van der Waals surface area contributed by atoms with Crippen molar-refractivity contribution in [2.75, 3.05) is 11.9 Å². The topological polar surface area (TPSA) is 54.0 Å². The van der Waals surface area contributed by atoms with Crippen LogP contribution in [0.25, 0.3) is 0 Å². The standard InChI is InChI=1S/C19H25N3O/c1-5-6-7-21-19(23)16-10-17(12-20-11-16)22-18-14(3)8-13(2)9-15(18)4/h8-12,22H,5-7H2,1-4H3,(H,21,23). The van der Waals surface area contributed by atoms with E-state index in [1.807, 2.05) is 6.07 Å². The van der Waals surface area contributed by atoms with E-state index >= 15 is 0 Å². The number of benzene rings is 1. The van der Waals surface area contributed by atoms with Gasteiger partial charge in [-0.15, -0.1) is 0 Å². The quantitative estimate of drug-likeness (QED) is 0.783. The first-order chi connectivity index (χ1) is 11.0. The third-order valence-corrected chi connectivity index (χ3v) is 3.76. The van der Waals surface area contributed by atoms with Crippen LogP contribution in [0.2, 0.25) is 0 Å². The van der Waals surface area contributed by atoms with Gasteiger partial charge in [0.2, 0.25) is 0 Å². The molecule has 0 atom stereocenters. The van der Waals surface area contributed by atoms with E-state index in [0.717, 1.165) is 24.2 Å². The molecule has 0 bridgehead atoms. The van der Waals surface area contributed by atoms with Crippen LogP contribution in [-0.4, -0.2) is 17.4 Å². The Kier molecular flexibility index (Phi) is 5.74. The zero-order chi connectivity index (χ0) is 16.8. The second-order valence-electron chi connectivity index (χ2n) is 5.97. The van der Waals surface area contributed by atoms with E-state index < -0.39 is 0 Å². The lowest BCUT2D eigenvalue weighted by Gasteiger charge is -2.14. The molecule has 0 radical (unpaired) electrons. The van der Waals surface area contributed by atoms with E-state index in [0.29, 0.717) is 12.1 Å². The minimum Gasteiger partial charge on any atom is -0.354 e. The van der Waals surface area contributed by atoms with Crippen molar-refractivity contribution in [3.8, 4) is 0 Å². The third-order valence-electron chi connectivity index (χ3n) is 3.76. The van der Waals surface area contributed by atoms with E-state index in [4.69, 9.17) is 0 Å². The number of aromatic nitrogens is 1. The molecule has 2 rings (SSSR count). The highest BCUT2D eigenvalue weighted by molar-refractivity contribution is 5.94. The van der Waals surface area contributed by atoms with Gasteiger partial charge in [0.25, 0.3) is 5.91 Å². The summed E-state index contributed by atoms with van der Waals surface area (Å²) in [6.07, 6.45) is 5.38. The molecule has 0 aliphatic carbocycles. The first kappa shape index (κ1) is 17.0. The Balaban J connectivity index is 2.16. The number of rotatable bonds is 6. The molecule has 0 fully saturated rings. The maximum atomic E-state index is 12.1. The van der Waals surface area contributed by atoms with Gasteiger partial charge in [-0.3, -0.25) is 9.78 Å². The van der Waals surface area contributed by atoms with Crippen molar-refractivity contribution in [1.29, 1.82) is 0 Å². The molecule has 0 aliphatic heterocycles. The summed E-state index contributed by atoms with van der Waals surface area (Å²) in [4.78, 5) is 16.3. The highest BCUT2D eigenvalue weighted by Crippen LogP contribution is 2.25. The second kappa shape index (κ2) is 7.77. The Morgan fingerprint density at radius 2 is 1.78 bits per heavy atom. The maximum absolute atomic E-state index is 12.1. The van der Waals surface area contributed by atoms with Gasteiger partial charge in [-0.05, 0) is 44.4 Å². The summed E-state index contributed by atoms with van der Waals surface area (Å²) in [5, 5.41) is 6.30. The predicted molar refractivity (Wildman–Crippen MR) is 95.4 cm³/mol. The molecule has 2 aromatic rings. The summed E-state index contributed by atoms with van der Waals surface area (Å²) < 4.78 is 0. The fourth-order valence-electron chi connectivity index (χ4n) is 2.63. The number of pyridine rings is 1. The molecular weight excluding hydrogens is 286 g/mol. The fraction of sp³-hybridized carbons (Fsp3) is 0.368. The highest BCUT2D eigenvalue weighted by Gasteiger charge is 2.08. The molecule has 1 aromatic carbocycles. The van der Waals surface area contributed by atoms with Crippen molar-refractivity contribution in [3.63, 3.8) is 0 Å². The van der Waals surface area contributed by atoms with Gasteiger partial charge in [-0.2, -0.15) is 0 Å². The monoisotopic (exact) mass is 311 g/mol. The number of nitrogens with zero attached hydrogens (tertiary/aromatic N) is 1. The smallest absolute Gasteiger partial charge is 0.252 e. The number of nitrogens with one attached hydrogen (secondary N) is 2. The third kappa shape index (κ3) is 4.55. The van der Waals surface area contributed by atoms with Crippen LogP contribution in [-0.2, 0) is 0 Å². The highest BCUT2D eigenvalue weighted by atomic mass is 16.1. The van der Waals surface area contributed by atoms with Crippen molar-refractivity contribution in [2.45, 2.75) is 40.5 Å². The van der Waals surface area contributed by atoms with Crippen LogP contribution in [0.15, 0.2) is 30.6 Å². The lowest BCUT2D eigenvalue weighted by molar-refractivity contribution is 0.0953. The molecule has 2 N–H and O–H groups in total. The van der Waals surface area contributed by atoms with Crippen molar-refractivity contribution >= 4 is 17.3 Å². The molecule has 122 valence electrons. The first-order valence-corrected chi connectivity index (χ1v) is 8.09. The number of amides is 1. The molecule has 1 aromatic heterocycles. The number of anilines is 2. The van der Waals surface area contributed by atoms with Gasteiger partial charge in [0.1, 0.15) is 0 Å². The lowest BCUT2D eigenvalue weighted by atomic mass is 10.0. The van der Waals surface area contributed by atoms with Crippen molar-refractivity contribution < 1.29 is 4.79 Å². The molecule has 1 amide bonds. The minimum absolute atomic E-state index is 0.0769. The summed E-state index contributed by atoms with van der Waals surface area (Å²) in [7, 11) is 0. The van der Waals surface area contributed by atoms with Crippen LogP contribution in [0.1, 0.15) is 46.8 Å². The molecule has 0 aliphatic rings. The summed E-state index contributed by atoms with van der Waals surface area (Å²) in [5.41, 5.74) is 6.07. The lowest BCUT2D eigenvalue weighted by Crippen LogP contribution is -2.24. The zero-order valence-corrected chi connectivity index (χ0v) is 14.4. The van der Waals surface area contributed by atoms with E-state index in [1.54, 1.807) is 12.4 Å². The van der Waals surface area contributed by atoms with Crippen LogP contribution in [0.4, 0.5) is 11.4 Å². The van der Waals surface area contributed by atoms with Gasteiger partial charge in [-0.1, -0.05) is 31.0 Å². The predicted octanol–water partition coefficient (Wildman–Crippen LogP) is 4.28. The maximum Gasteiger partial charge on any atom is 0.252 e. The van der Waals surface area contributed by atoms with Crippen LogP contribution < -0.4 is 10.6 Å². The van der Waals surface area contributed by atoms with Gasteiger partial charge >= 0.3 is 0 Å². The average molecular weight is 311 g/mol. The van der Waals surface area contributed by atoms with Crippen LogP contribution in [0.5, 0.6) is 0 Å². The normalized spacial score (nSPS) is 10.4. The molecule has 1 heterocycles. The average Bonchev–Trinajstić information content (AvgIpc) is 2.51. The van der Waals surface area contributed by atoms with Crippen molar-refractivity contribution in [2.24, 2.45) is 0 Å². The van der Waals surface area contributed by atoms with Crippen molar-refractivity contribution in [1.82, 2.24) is 10.3 Å². The van der Waals surface area contributed by atoms with E-state index in [9.17, 15) is 4.79 Å². The fourth-order valence-corrected chi connectivity index (χ4v) is 2.63. The van der Waals surface area contributed by atoms with Crippen molar-refractivity contribution in [3.05, 3.63) is 52.8 Å². The van der Waals surface area contributed by atoms with E-state index in [1.165, 1.54) is 16.7 Å². The SMILES string of the molecule is CCCCNC(=O)c1cncc(Nc2c(C)cc(C)cc2C)c1. The summed E-state index contributed by atoms with van der Waals surface area (Å²) >= 11 is 0. The number of hydrogen-bond acceptors (Lipinski definition) is 3. The number of carbonyl (C=O) groups excluding carboxylic acids is 1. The molecule has 4 heteroatoms. The summed E-state index contributed by atoms with van der Waals surface area (Å²) in [5.74, 6) is -0.0769.